The van der Waals surface area contributed by atoms with Crippen molar-refractivity contribution < 1.29 is 9.53 Å². The third kappa shape index (κ3) is 3.63. The standard InChI is InChI=1S/C23H26ClNO2/c1-17-4-6-18(7-5-17)21-16-25(14-15-27-21)22(26)23(12-2-3-13-23)19-8-10-20(24)11-9-19/h4-11,21H,2-3,12-16H2,1H3. The van der Waals surface area contributed by atoms with E-state index in [1.165, 1.54) is 5.56 Å². The zero-order valence-electron chi connectivity index (χ0n) is 15.8. The van der Waals surface area contributed by atoms with E-state index in [0.29, 0.717) is 24.7 Å². The molecule has 2 aliphatic rings. The minimum atomic E-state index is -0.403. The first kappa shape index (κ1) is 18.5. The molecule has 0 spiro atoms. The molecule has 142 valence electrons. The summed E-state index contributed by atoms with van der Waals surface area (Å²) in [6.07, 6.45) is 3.98. The van der Waals surface area contributed by atoms with Crippen LogP contribution in [0.1, 0.15) is 48.5 Å². The molecule has 1 aliphatic carbocycles. The van der Waals surface area contributed by atoms with Crippen molar-refractivity contribution in [1.29, 1.82) is 0 Å². The molecule has 0 aromatic heterocycles. The Hall–Kier alpha value is -1.84. The van der Waals surface area contributed by atoms with E-state index in [1.54, 1.807) is 0 Å². The van der Waals surface area contributed by atoms with Gasteiger partial charge in [0.25, 0.3) is 0 Å². The summed E-state index contributed by atoms with van der Waals surface area (Å²) in [5.74, 6) is 0.253. The molecule has 1 aliphatic heterocycles. The maximum atomic E-state index is 13.7. The monoisotopic (exact) mass is 383 g/mol. The quantitative estimate of drug-likeness (QED) is 0.741. The van der Waals surface area contributed by atoms with E-state index in [2.05, 4.69) is 31.2 Å². The molecular weight excluding hydrogens is 358 g/mol. The van der Waals surface area contributed by atoms with Crippen LogP contribution in [-0.2, 0) is 14.9 Å². The van der Waals surface area contributed by atoms with Crippen molar-refractivity contribution in [2.24, 2.45) is 0 Å². The summed E-state index contributed by atoms with van der Waals surface area (Å²) in [5.41, 5.74) is 3.08. The van der Waals surface area contributed by atoms with Crippen LogP contribution < -0.4 is 0 Å². The smallest absolute Gasteiger partial charge is 0.233 e. The Morgan fingerprint density at radius 1 is 1.07 bits per heavy atom. The highest BCUT2D eigenvalue weighted by Gasteiger charge is 2.45. The van der Waals surface area contributed by atoms with Gasteiger partial charge in [-0.2, -0.15) is 0 Å². The highest BCUT2D eigenvalue weighted by molar-refractivity contribution is 6.30. The molecule has 1 heterocycles. The lowest BCUT2D eigenvalue weighted by atomic mass is 9.77. The largest absolute Gasteiger partial charge is 0.370 e. The van der Waals surface area contributed by atoms with Gasteiger partial charge in [0.2, 0.25) is 5.91 Å². The minimum Gasteiger partial charge on any atom is -0.370 e. The summed E-state index contributed by atoms with van der Waals surface area (Å²) < 4.78 is 5.99. The number of nitrogens with zero attached hydrogens (tertiary/aromatic N) is 1. The number of carbonyl (C=O) groups is 1. The lowest BCUT2D eigenvalue weighted by Crippen LogP contribution is -2.50. The summed E-state index contributed by atoms with van der Waals surface area (Å²) in [6.45, 7) is 3.95. The van der Waals surface area contributed by atoms with E-state index in [4.69, 9.17) is 16.3 Å². The molecule has 4 heteroatoms. The number of rotatable bonds is 3. The molecule has 2 aromatic carbocycles. The van der Waals surface area contributed by atoms with E-state index in [-0.39, 0.29) is 12.0 Å². The summed E-state index contributed by atoms with van der Waals surface area (Å²) in [5, 5.41) is 0.713. The predicted octanol–water partition coefficient (Wildman–Crippen LogP) is 5.06. The Balaban J connectivity index is 1.58. The second-order valence-electron chi connectivity index (χ2n) is 7.82. The number of morpholine rings is 1. The zero-order chi connectivity index (χ0) is 18.9. The molecule has 1 atom stereocenters. The van der Waals surface area contributed by atoms with E-state index in [1.807, 2.05) is 29.2 Å². The van der Waals surface area contributed by atoms with Gasteiger partial charge >= 0.3 is 0 Å². The Morgan fingerprint density at radius 3 is 2.41 bits per heavy atom. The average molecular weight is 384 g/mol. The van der Waals surface area contributed by atoms with Gasteiger partial charge in [-0.25, -0.2) is 0 Å². The van der Waals surface area contributed by atoms with Gasteiger partial charge in [0.1, 0.15) is 6.10 Å². The van der Waals surface area contributed by atoms with Gasteiger partial charge < -0.3 is 9.64 Å². The maximum Gasteiger partial charge on any atom is 0.233 e. The van der Waals surface area contributed by atoms with Crippen molar-refractivity contribution >= 4 is 17.5 Å². The fraction of sp³-hybridized carbons (Fsp3) is 0.435. The third-order valence-electron chi connectivity index (χ3n) is 6.07. The van der Waals surface area contributed by atoms with Gasteiger partial charge in [0, 0.05) is 11.6 Å². The second kappa shape index (κ2) is 7.65. The molecule has 2 fully saturated rings. The predicted molar refractivity (Wildman–Crippen MR) is 108 cm³/mol. The number of aryl methyl sites for hydroxylation is 1. The lowest BCUT2D eigenvalue weighted by molar-refractivity contribution is -0.145. The second-order valence-corrected chi connectivity index (χ2v) is 8.25. The maximum absolute atomic E-state index is 13.7. The average Bonchev–Trinajstić information content (AvgIpc) is 3.20. The van der Waals surface area contributed by atoms with E-state index < -0.39 is 5.41 Å². The van der Waals surface area contributed by atoms with Crippen molar-refractivity contribution in [2.45, 2.75) is 44.1 Å². The van der Waals surface area contributed by atoms with Crippen molar-refractivity contribution in [3.8, 4) is 0 Å². The highest BCUT2D eigenvalue weighted by atomic mass is 35.5. The molecule has 2 aromatic rings. The van der Waals surface area contributed by atoms with Crippen LogP contribution in [-0.4, -0.2) is 30.5 Å². The summed E-state index contributed by atoms with van der Waals surface area (Å²) >= 11 is 6.08. The van der Waals surface area contributed by atoms with Gasteiger partial charge in [-0.15, -0.1) is 0 Å². The molecule has 0 N–H and O–H groups in total. The van der Waals surface area contributed by atoms with E-state index in [0.717, 1.165) is 36.8 Å². The van der Waals surface area contributed by atoms with Crippen molar-refractivity contribution in [2.75, 3.05) is 19.7 Å². The molecule has 1 saturated carbocycles. The van der Waals surface area contributed by atoms with Crippen LogP contribution in [0.15, 0.2) is 48.5 Å². The van der Waals surface area contributed by atoms with Gasteiger partial charge in [-0.3, -0.25) is 4.79 Å². The molecule has 1 amide bonds. The molecule has 4 rings (SSSR count). The van der Waals surface area contributed by atoms with Gasteiger partial charge in [0.05, 0.1) is 18.6 Å². The van der Waals surface area contributed by atoms with E-state index >= 15 is 0 Å². The topological polar surface area (TPSA) is 29.5 Å². The van der Waals surface area contributed by atoms with E-state index in [9.17, 15) is 4.79 Å². The molecule has 3 nitrogen and oxygen atoms in total. The number of hydrogen-bond donors (Lipinski definition) is 0. The minimum absolute atomic E-state index is 0.0491. The lowest BCUT2D eigenvalue weighted by Gasteiger charge is -2.39. The third-order valence-corrected chi connectivity index (χ3v) is 6.32. The number of benzene rings is 2. The number of carbonyl (C=O) groups excluding carboxylic acids is 1. The molecule has 0 radical (unpaired) electrons. The number of amides is 1. The fourth-order valence-corrected chi connectivity index (χ4v) is 4.62. The molecule has 27 heavy (non-hydrogen) atoms. The van der Waals surface area contributed by atoms with Crippen LogP contribution in [0.25, 0.3) is 0 Å². The van der Waals surface area contributed by atoms with Gasteiger partial charge in [-0.05, 0) is 43.0 Å². The number of hydrogen-bond acceptors (Lipinski definition) is 2. The van der Waals surface area contributed by atoms with Crippen LogP contribution in [0.2, 0.25) is 5.02 Å². The van der Waals surface area contributed by atoms with Gasteiger partial charge in [-0.1, -0.05) is 66.4 Å². The van der Waals surface area contributed by atoms with Crippen LogP contribution in [0.5, 0.6) is 0 Å². The van der Waals surface area contributed by atoms with Crippen molar-refractivity contribution in [3.63, 3.8) is 0 Å². The fourth-order valence-electron chi connectivity index (χ4n) is 4.49. The van der Waals surface area contributed by atoms with Crippen LogP contribution >= 0.6 is 11.6 Å². The molecule has 0 bridgehead atoms. The molecule has 1 saturated heterocycles. The van der Waals surface area contributed by atoms with Crippen LogP contribution in [0, 0.1) is 6.92 Å². The Morgan fingerprint density at radius 2 is 1.74 bits per heavy atom. The SMILES string of the molecule is Cc1ccc(C2CN(C(=O)C3(c4ccc(Cl)cc4)CCCC3)CCO2)cc1. The summed E-state index contributed by atoms with van der Waals surface area (Å²) in [7, 11) is 0. The zero-order valence-corrected chi connectivity index (χ0v) is 16.5. The summed E-state index contributed by atoms with van der Waals surface area (Å²) in [4.78, 5) is 15.7. The molecule has 1 unspecified atom stereocenters. The van der Waals surface area contributed by atoms with Crippen LogP contribution in [0.3, 0.4) is 0 Å². The first-order valence-corrected chi connectivity index (χ1v) is 10.2. The normalized spacial score (nSPS) is 22.0. The Labute approximate surface area is 166 Å². The van der Waals surface area contributed by atoms with Gasteiger partial charge in [0.15, 0.2) is 0 Å². The van der Waals surface area contributed by atoms with Crippen LogP contribution in [0.4, 0.5) is 0 Å². The number of ether oxygens (including phenoxy) is 1. The summed E-state index contributed by atoms with van der Waals surface area (Å²) in [6, 6.07) is 16.3. The first-order valence-electron chi connectivity index (χ1n) is 9.82. The Bertz CT molecular complexity index is 794. The number of halogens is 1. The first-order chi connectivity index (χ1) is 13.1. The van der Waals surface area contributed by atoms with Crippen molar-refractivity contribution in [3.05, 3.63) is 70.2 Å². The molecular formula is C23H26ClNO2. The highest BCUT2D eigenvalue weighted by Crippen LogP contribution is 2.43. The van der Waals surface area contributed by atoms with Crippen molar-refractivity contribution in [1.82, 2.24) is 4.90 Å². The Kier molecular flexibility index (Phi) is 5.25.